The predicted molar refractivity (Wildman–Crippen MR) is 83.6 cm³/mol. The van der Waals surface area contributed by atoms with E-state index in [-0.39, 0.29) is 5.56 Å². The number of H-pyrrole nitrogens is 1. The molecule has 0 aliphatic carbocycles. The van der Waals surface area contributed by atoms with Gasteiger partial charge in [0.25, 0.3) is 5.56 Å². The highest BCUT2D eigenvalue weighted by atomic mass is 32.1. The van der Waals surface area contributed by atoms with Gasteiger partial charge < -0.3 is 4.74 Å². The van der Waals surface area contributed by atoms with Crippen molar-refractivity contribution in [1.82, 2.24) is 14.8 Å². The minimum absolute atomic E-state index is 0.0991. The van der Waals surface area contributed by atoms with E-state index in [9.17, 15) is 4.79 Å². The molecular formula is C15H11N3O2S. The summed E-state index contributed by atoms with van der Waals surface area (Å²) in [6.45, 7) is 0. The Bertz CT molecular complexity index is 995. The molecule has 3 heterocycles. The molecule has 0 saturated heterocycles. The van der Waals surface area contributed by atoms with Crippen LogP contribution in [0.5, 0.6) is 5.75 Å². The third kappa shape index (κ3) is 1.76. The van der Waals surface area contributed by atoms with Crippen molar-refractivity contribution < 1.29 is 4.74 Å². The van der Waals surface area contributed by atoms with Crippen molar-refractivity contribution in [1.29, 1.82) is 0 Å². The molecule has 1 aromatic carbocycles. The molecule has 0 amide bonds. The van der Waals surface area contributed by atoms with Crippen LogP contribution in [-0.2, 0) is 0 Å². The van der Waals surface area contributed by atoms with Crippen LogP contribution in [0.4, 0.5) is 0 Å². The number of pyridine rings is 1. The fourth-order valence-electron chi connectivity index (χ4n) is 2.38. The van der Waals surface area contributed by atoms with Crippen molar-refractivity contribution in [2.45, 2.75) is 0 Å². The van der Waals surface area contributed by atoms with Crippen molar-refractivity contribution in [2.24, 2.45) is 0 Å². The molecule has 6 heteroatoms. The smallest absolute Gasteiger partial charge is 0.280 e. The molecule has 0 aliphatic rings. The van der Waals surface area contributed by atoms with Crippen LogP contribution >= 0.6 is 11.3 Å². The second-order valence-electron chi connectivity index (χ2n) is 4.63. The Balaban J connectivity index is 1.99. The summed E-state index contributed by atoms with van der Waals surface area (Å²) < 4.78 is 7.67. The summed E-state index contributed by atoms with van der Waals surface area (Å²) in [6, 6.07) is 9.28. The molecule has 21 heavy (non-hydrogen) atoms. The van der Waals surface area contributed by atoms with Crippen LogP contribution in [0.2, 0.25) is 0 Å². The molecule has 0 aliphatic heterocycles. The Morgan fingerprint density at radius 1 is 1.24 bits per heavy atom. The number of aromatic nitrogens is 3. The summed E-state index contributed by atoms with van der Waals surface area (Å²) in [6.07, 6.45) is 1.63. The number of fused-ring (bicyclic) bond motifs is 3. The number of ether oxygens (including phenoxy) is 1. The fourth-order valence-corrected chi connectivity index (χ4v) is 3.23. The average molecular weight is 297 g/mol. The van der Waals surface area contributed by atoms with Crippen molar-refractivity contribution in [3.63, 3.8) is 0 Å². The molecule has 0 saturated carbocycles. The first kappa shape index (κ1) is 12.2. The lowest BCUT2D eigenvalue weighted by atomic mass is 10.3. The predicted octanol–water partition coefficient (Wildman–Crippen LogP) is 2.94. The summed E-state index contributed by atoms with van der Waals surface area (Å²) in [7, 11) is 1.61. The molecule has 0 bridgehead atoms. The Labute approximate surface area is 123 Å². The lowest BCUT2D eigenvalue weighted by Crippen LogP contribution is -2.14. The normalized spacial score (nSPS) is 11.3. The van der Waals surface area contributed by atoms with Crippen LogP contribution < -0.4 is 10.3 Å². The van der Waals surface area contributed by atoms with Crippen molar-refractivity contribution >= 4 is 32.5 Å². The number of aromatic amines is 1. The number of nitrogens with one attached hydrogen (secondary N) is 1. The van der Waals surface area contributed by atoms with Gasteiger partial charge in [-0.25, -0.2) is 4.68 Å². The molecule has 0 radical (unpaired) electrons. The Morgan fingerprint density at radius 3 is 2.81 bits per heavy atom. The molecule has 0 spiro atoms. The third-order valence-corrected chi connectivity index (χ3v) is 4.38. The van der Waals surface area contributed by atoms with Crippen molar-refractivity contribution in [3.05, 3.63) is 52.3 Å². The fraction of sp³-hybridized carbons (Fsp3) is 0.0667. The maximum absolute atomic E-state index is 12.5. The van der Waals surface area contributed by atoms with Gasteiger partial charge in [0.15, 0.2) is 0 Å². The molecule has 104 valence electrons. The van der Waals surface area contributed by atoms with E-state index in [0.717, 1.165) is 27.2 Å². The molecule has 0 atom stereocenters. The number of benzene rings is 1. The molecule has 3 aromatic heterocycles. The maximum atomic E-state index is 12.5. The minimum Gasteiger partial charge on any atom is -0.497 e. The van der Waals surface area contributed by atoms with E-state index in [2.05, 4.69) is 10.1 Å². The van der Waals surface area contributed by atoms with E-state index in [0.29, 0.717) is 5.39 Å². The molecule has 0 fully saturated rings. The highest BCUT2D eigenvalue weighted by Crippen LogP contribution is 2.25. The van der Waals surface area contributed by atoms with Crippen LogP contribution in [0.3, 0.4) is 0 Å². The number of hydrogen-bond acceptors (Lipinski definition) is 4. The van der Waals surface area contributed by atoms with Crippen molar-refractivity contribution in [3.8, 4) is 11.4 Å². The number of nitrogens with zero attached hydrogens (tertiary/aromatic N) is 2. The van der Waals surface area contributed by atoms with Crippen LogP contribution in [0, 0.1) is 0 Å². The third-order valence-electron chi connectivity index (χ3n) is 3.46. The monoisotopic (exact) mass is 297 g/mol. The van der Waals surface area contributed by atoms with Crippen LogP contribution in [-0.4, -0.2) is 21.9 Å². The number of thiophene rings is 1. The SMILES string of the molecule is COc1ccc(-n2[nH]c3c(cnc4ccsc43)c2=O)cc1. The van der Waals surface area contributed by atoms with Gasteiger partial charge in [-0.1, -0.05) is 0 Å². The first-order valence-electron chi connectivity index (χ1n) is 6.39. The molecule has 4 rings (SSSR count). The van der Waals surface area contributed by atoms with Gasteiger partial charge in [0.2, 0.25) is 0 Å². The topological polar surface area (TPSA) is 59.9 Å². The molecule has 5 nitrogen and oxygen atoms in total. The van der Waals surface area contributed by atoms with Crippen LogP contribution in [0.15, 0.2) is 46.7 Å². The van der Waals surface area contributed by atoms with Gasteiger partial charge in [-0.3, -0.25) is 14.9 Å². The number of rotatable bonds is 2. The van der Waals surface area contributed by atoms with Gasteiger partial charge >= 0.3 is 0 Å². The summed E-state index contributed by atoms with van der Waals surface area (Å²) in [5.74, 6) is 0.755. The van der Waals surface area contributed by atoms with E-state index >= 15 is 0 Å². The first-order chi connectivity index (χ1) is 10.3. The van der Waals surface area contributed by atoms with Gasteiger partial charge in [-0.15, -0.1) is 11.3 Å². The number of methoxy groups -OCH3 is 1. The average Bonchev–Trinajstić information content (AvgIpc) is 3.12. The van der Waals surface area contributed by atoms with E-state index in [1.165, 1.54) is 4.68 Å². The minimum atomic E-state index is -0.0991. The zero-order valence-electron chi connectivity index (χ0n) is 11.2. The largest absolute Gasteiger partial charge is 0.497 e. The van der Waals surface area contributed by atoms with Gasteiger partial charge in [0, 0.05) is 6.20 Å². The highest BCUT2D eigenvalue weighted by molar-refractivity contribution is 7.18. The zero-order chi connectivity index (χ0) is 14.4. The lowest BCUT2D eigenvalue weighted by Gasteiger charge is -2.03. The van der Waals surface area contributed by atoms with Gasteiger partial charge in [-0.05, 0) is 35.7 Å². The summed E-state index contributed by atoms with van der Waals surface area (Å²) in [5.41, 5.74) is 2.39. The van der Waals surface area contributed by atoms with E-state index in [4.69, 9.17) is 4.74 Å². The van der Waals surface area contributed by atoms with Crippen LogP contribution in [0.1, 0.15) is 0 Å². The van der Waals surface area contributed by atoms with E-state index in [1.807, 2.05) is 35.7 Å². The van der Waals surface area contributed by atoms with Gasteiger partial charge in [-0.2, -0.15) is 0 Å². The summed E-state index contributed by atoms with van der Waals surface area (Å²) >= 11 is 1.57. The Morgan fingerprint density at radius 2 is 2.05 bits per heavy atom. The maximum Gasteiger partial charge on any atom is 0.280 e. The summed E-state index contributed by atoms with van der Waals surface area (Å²) in [4.78, 5) is 16.8. The number of hydrogen-bond donors (Lipinski definition) is 1. The molecule has 1 N–H and O–H groups in total. The second-order valence-corrected chi connectivity index (χ2v) is 5.55. The van der Waals surface area contributed by atoms with Gasteiger partial charge in [0.1, 0.15) is 5.75 Å². The van der Waals surface area contributed by atoms with E-state index in [1.54, 1.807) is 24.6 Å². The van der Waals surface area contributed by atoms with Crippen LogP contribution in [0.25, 0.3) is 26.8 Å². The van der Waals surface area contributed by atoms with Gasteiger partial charge in [0.05, 0.1) is 33.9 Å². The molecule has 4 aromatic rings. The van der Waals surface area contributed by atoms with E-state index < -0.39 is 0 Å². The molecule has 0 unspecified atom stereocenters. The lowest BCUT2D eigenvalue weighted by molar-refractivity contribution is 0.414. The Hall–Kier alpha value is -2.60. The zero-order valence-corrected chi connectivity index (χ0v) is 12.0. The quantitative estimate of drug-likeness (QED) is 0.619. The second kappa shape index (κ2) is 4.46. The molecular weight excluding hydrogens is 286 g/mol. The first-order valence-corrected chi connectivity index (χ1v) is 7.27. The highest BCUT2D eigenvalue weighted by Gasteiger charge is 2.12. The summed E-state index contributed by atoms with van der Waals surface area (Å²) in [5, 5.41) is 5.75. The Kier molecular flexibility index (Phi) is 2.58. The standard InChI is InChI=1S/C15H11N3O2S/c1-20-10-4-2-9(3-5-10)18-15(19)11-8-16-12-6-7-21-14(12)13(11)17-18/h2-8,17H,1H3. The van der Waals surface area contributed by atoms with Crippen molar-refractivity contribution in [2.75, 3.05) is 7.11 Å².